The van der Waals surface area contributed by atoms with Crippen LogP contribution in [0.3, 0.4) is 0 Å². The van der Waals surface area contributed by atoms with Crippen LogP contribution in [0.15, 0.2) is 66.4 Å². The number of β-amino-alcohol motifs (C(OH)–C–C–N with tert-alkyl or cyclic N) is 2. The van der Waals surface area contributed by atoms with Gasteiger partial charge in [0, 0.05) is 77.3 Å². The first-order valence-corrected chi connectivity index (χ1v) is 22.9. The van der Waals surface area contributed by atoms with Crippen LogP contribution in [0, 0.1) is 18.3 Å². The third-order valence-corrected chi connectivity index (χ3v) is 13.2. The van der Waals surface area contributed by atoms with E-state index >= 15 is 0 Å². The van der Waals surface area contributed by atoms with Gasteiger partial charge in [-0.2, -0.15) is 0 Å². The van der Waals surface area contributed by atoms with E-state index in [1.54, 1.807) is 27.8 Å². The second-order valence-electron chi connectivity index (χ2n) is 18.3. The molecule has 4 atom stereocenters. The molecule has 0 unspecified atom stereocenters. The monoisotopic (exact) mass is 893 g/mol. The zero-order valence-corrected chi connectivity index (χ0v) is 37.8. The van der Waals surface area contributed by atoms with Crippen molar-refractivity contribution in [2.45, 2.75) is 97.2 Å². The van der Waals surface area contributed by atoms with E-state index in [-0.39, 0.29) is 56.4 Å². The molecule has 17 heteroatoms. The number of aromatic nitrogens is 3. The van der Waals surface area contributed by atoms with E-state index in [1.165, 1.54) is 22.4 Å². The lowest BCUT2D eigenvalue weighted by atomic mass is 9.85. The van der Waals surface area contributed by atoms with Crippen LogP contribution in [0.25, 0.3) is 10.4 Å². The van der Waals surface area contributed by atoms with E-state index in [0.29, 0.717) is 31.7 Å². The summed E-state index contributed by atoms with van der Waals surface area (Å²) >= 11 is 1.56. The molecule has 64 heavy (non-hydrogen) atoms. The van der Waals surface area contributed by atoms with Gasteiger partial charge in [-0.25, -0.2) is 15.0 Å². The molecule has 2 aromatic heterocycles. The number of hydrogen-bond donors (Lipinski definition) is 5. The van der Waals surface area contributed by atoms with Crippen molar-refractivity contribution >= 4 is 40.9 Å². The molecule has 5 amide bonds. The molecule has 5 heterocycles. The number of carbonyl (C=O) groups excluding carboxylic acids is 5. The third kappa shape index (κ3) is 11.7. The second-order valence-corrected chi connectivity index (χ2v) is 19.2. The van der Waals surface area contributed by atoms with Gasteiger partial charge in [0.15, 0.2) is 0 Å². The Morgan fingerprint density at radius 1 is 0.938 bits per heavy atom. The van der Waals surface area contributed by atoms with E-state index in [9.17, 15) is 34.2 Å². The number of aliphatic hydroxyl groups is 2. The zero-order chi connectivity index (χ0) is 45.5. The number of fused-ring (bicyclic) bond motifs is 1. The first-order chi connectivity index (χ1) is 30.6. The second kappa shape index (κ2) is 20.5. The highest BCUT2D eigenvalue weighted by molar-refractivity contribution is 7.13. The van der Waals surface area contributed by atoms with Crippen LogP contribution in [-0.2, 0) is 45.1 Å². The van der Waals surface area contributed by atoms with Crippen LogP contribution in [0.1, 0.15) is 78.6 Å². The van der Waals surface area contributed by atoms with Crippen LogP contribution in [0.5, 0.6) is 0 Å². The lowest BCUT2D eigenvalue weighted by molar-refractivity contribution is -0.144. The molecule has 2 aromatic carbocycles. The Morgan fingerprint density at radius 2 is 1.69 bits per heavy atom. The number of rotatable bonds is 16. The number of amides is 5. The number of aliphatic hydroxyl groups excluding tert-OH is 2. The Labute approximate surface area is 377 Å². The normalized spacial score (nSPS) is 18.7. The summed E-state index contributed by atoms with van der Waals surface area (Å²) in [6.07, 6.45) is 1.07. The molecule has 0 radical (unpaired) electrons. The fourth-order valence-electron chi connectivity index (χ4n) is 8.60. The van der Waals surface area contributed by atoms with Crippen LogP contribution in [0.2, 0.25) is 0 Å². The quantitative estimate of drug-likeness (QED) is 0.110. The summed E-state index contributed by atoms with van der Waals surface area (Å²) in [5.74, 6) is -1.80. The van der Waals surface area contributed by atoms with E-state index < -0.39 is 53.3 Å². The Hall–Kier alpha value is -5.62. The molecule has 16 nitrogen and oxygen atoms in total. The smallest absolute Gasteiger partial charge is 0.270 e. The SMILES string of the molecule is Cc1ncsc1-c1ccc(CNC(=O)[C@@H]2C[C@@H](O)CN2C(=O)[C@@H](NC(=O)CCC(=O)N2CC(Cc3cc(C(=O)NC[C@H](O)CN4CCc5ccccc5C4)ncn3)C2)C(C)(C)C)cc1. The van der Waals surface area contributed by atoms with Crippen LogP contribution in [0.4, 0.5) is 0 Å². The molecule has 0 aliphatic carbocycles. The molecule has 0 bridgehead atoms. The number of nitrogens with zero attached hydrogens (tertiary/aromatic N) is 6. The van der Waals surface area contributed by atoms with Crippen molar-refractivity contribution in [2.75, 3.05) is 39.3 Å². The fraction of sp³-hybridized carbons (Fsp3) is 0.489. The zero-order valence-electron chi connectivity index (χ0n) is 37.0. The minimum atomic E-state index is -1.00. The molecule has 3 aliphatic heterocycles. The maximum absolute atomic E-state index is 14.0. The largest absolute Gasteiger partial charge is 0.391 e. The van der Waals surface area contributed by atoms with E-state index in [0.717, 1.165) is 41.2 Å². The predicted molar refractivity (Wildman–Crippen MR) is 240 cm³/mol. The maximum atomic E-state index is 14.0. The molecule has 0 spiro atoms. The molecule has 4 aromatic rings. The summed E-state index contributed by atoms with van der Waals surface area (Å²) in [6, 6.07) is 15.8. The Bertz CT molecular complexity index is 2310. The van der Waals surface area contributed by atoms with Gasteiger partial charge in [0.05, 0.1) is 28.3 Å². The number of aryl methyl sites for hydroxylation is 1. The van der Waals surface area contributed by atoms with Crippen LogP contribution >= 0.6 is 11.3 Å². The van der Waals surface area contributed by atoms with Gasteiger partial charge in [-0.3, -0.25) is 28.9 Å². The van der Waals surface area contributed by atoms with E-state index in [1.807, 2.05) is 64.1 Å². The van der Waals surface area contributed by atoms with Gasteiger partial charge in [0.2, 0.25) is 23.6 Å². The number of nitrogens with one attached hydrogen (secondary N) is 3. The highest BCUT2D eigenvalue weighted by Gasteiger charge is 2.44. The Morgan fingerprint density at radius 3 is 2.41 bits per heavy atom. The molecule has 7 rings (SSSR count). The van der Waals surface area contributed by atoms with Crippen molar-refractivity contribution in [3.8, 4) is 10.4 Å². The average Bonchev–Trinajstić information content (AvgIpc) is 3.88. The van der Waals surface area contributed by atoms with Gasteiger partial charge in [-0.05, 0) is 59.4 Å². The number of thiazole rings is 1. The lowest BCUT2D eigenvalue weighted by Gasteiger charge is -2.39. The molecule has 340 valence electrons. The van der Waals surface area contributed by atoms with Gasteiger partial charge in [-0.1, -0.05) is 69.3 Å². The van der Waals surface area contributed by atoms with Gasteiger partial charge in [0.25, 0.3) is 5.91 Å². The molecule has 3 aliphatic rings. The summed E-state index contributed by atoms with van der Waals surface area (Å²) in [4.78, 5) is 85.9. The fourth-order valence-corrected chi connectivity index (χ4v) is 9.41. The lowest BCUT2D eigenvalue weighted by Crippen LogP contribution is -2.57. The Kier molecular flexibility index (Phi) is 14.8. The summed E-state index contributed by atoms with van der Waals surface area (Å²) in [5, 5.41) is 29.8. The van der Waals surface area contributed by atoms with Crippen molar-refractivity contribution in [3.63, 3.8) is 0 Å². The first kappa shape index (κ1) is 46.4. The van der Waals surface area contributed by atoms with Gasteiger partial charge < -0.3 is 36.0 Å². The minimum absolute atomic E-state index is 0.0417. The number of hydrogen-bond acceptors (Lipinski definition) is 12. The molecular weight excluding hydrogens is 835 g/mol. The van der Waals surface area contributed by atoms with Gasteiger partial charge >= 0.3 is 0 Å². The van der Waals surface area contributed by atoms with E-state index in [4.69, 9.17) is 0 Å². The molecule has 5 N–H and O–H groups in total. The summed E-state index contributed by atoms with van der Waals surface area (Å²) in [7, 11) is 0. The topological polar surface area (TPSA) is 210 Å². The van der Waals surface area contributed by atoms with Crippen LogP contribution < -0.4 is 16.0 Å². The number of likely N-dealkylation sites (tertiary alicyclic amines) is 2. The van der Waals surface area contributed by atoms with Crippen LogP contribution in [-0.4, -0.2) is 133 Å². The highest BCUT2D eigenvalue weighted by atomic mass is 32.1. The van der Waals surface area contributed by atoms with Crippen molar-refractivity contribution in [1.29, 1.82) is 0 Å². The van der Waals surface area contributed by atoms with Crippen molar-refractivity contribution in [3.05, 3.63) is 100 Å². The number of carbonyl (C=O) groups is 5. The first-order valence-electron chi connectivity index (χ1n) is 22.0. The maximum Gasteiger partial charge on any atom is 0.270 e. The standard InChI is InChI=1S/C47H59N9O7S/c1-29-42(64-28-52-29)33-11-9-30(10-12-33)20-48-45(62)39-19-36(57)26-56(39)46(63)43(47(2,3)4)53-40(59)13-14-41(60)55-22-31(23-55)17-35-18-38(51-27-50-35)44(61)49-21-37(58)25-54-16-15-32-7-5-6-8-34(32)24-54/h5-12,18,27-28,31,36-37,39,43,57-58H,13-17,19-26H2,1-4H3,(H,48,62)(H,49,61)(H,53,59)/t36-,37+,39+,43-/m1/s1. The molecular formula is C47H59N9O7S. The average molecular weight is 894 g/mol. The molecule has 2 saturated heterocycles. The van der Waals surface area contributed by atoms with E-state index in [2.05, 4.69) is 47.9 Å². The van der Waals surface area contributed by atoms with Gasteiger partial charge in [0.1, 0.15) is 24.1 Å². The summed E-state index contributed by atoms with van der Waals surface area (Å²) in [5.41, 5.74) is 7.41. The van der Waals surface area contributed by atoms with Gasteiger partial charge in [-0.15, -0.1) is 11.3 Å². The molecule has 0 saturated carbocycles. The summed E-state index contributed by atoms with van der Waals surface area (Å²) in [6.45, 7) is 10.7. The van der Waals surface area contributed by atoms with Crippen molar-refractivity contribution in [1.82, 2.24) is 45.6 Å². The minimum Gasteiger partial charge on any atom is -0.391 e. The predicted octanol–water partition coefficient (Wildman–Crippen LogP) is 2.65. The Balaban J connectivity index is 0.828. The number of benzene rings is 2. The summed E-state index contributed by atoms with van der Waals surface area (Å²) < 4.78 is 0. The van der Waals surface area contributed by atoms with Crippen molar-refractivity contribution < 1.29 is 34.2 Å². The molecule has 2 fully saturated rings. The highest BCUT2D eigenvalue weighted by Crippen LogP contribution is 2.29. The van der Waals surface area contributed by atoms with Crippen molar-refractivity contribution in [2.24, 2.45) is 11.3 Å². The third-order valence-electron chi connectivity index (χ3n) is 12.2.